The van der Waals surface area contributed by atoms with Gasteiger partial charge in [0.25, 0.3) is 0 Å². The van der Waals surface area contributed by atoms with Gasteiger partial charge in [-0.1, -0.05) is 0 Å². The summed E-state index contributed by atoms with van der Waals surface area (Å²) in [5.41, 5.74) is 0.466. The Hall–Kier alpha value is -1.10. The van der Waals surface area contributed by atoms with Crippen LogP contribution in [0.15, 0.2) is 16.7 Å². The quantitative estimate of drug-likeness (QED) is 0.770. The van der Waals surface area contributed by atoms with Crippen LogP contribution in [0.5, 0.6) is 0 Å². The summed E-state index contributed by atoms with van der Waals surface area (Å²) in [5.74, 6) is 0.535. The molecule has 0 amide bonds. The average molecular weight is 271 g/mol. The Kier molecular flexibility index (Phi) is 2.90. The zero-order valence-corrected chi connectivity index (χ0v) is 9.95. The van der Waals surface area contributed by atoms with Crippen molar-refractivity contribution in [3.05, 3.63) is 22.3 Å². The minimum atomic E-state index is -0.363. The van der Waals surface area contributed by atoms with Crippen molar-refractivity contribution in [3.8, 4) is 0 Å². The number of carbonyl (C=O) groups is 1. The first-order valence-electron chi connectivity index (χ1n) is 4.71. The molecule has 0 radical (unpaired) electrons. The Bertz CT molecular complexity index is 391. The summed E-state index contributed by atoms with van der Waals surface area (Å²) in [6, 6.07) is 1.74. The second kappa shape index (κ2) is 4.18. The van der Waals surface area contributed by atoms with Gasteiger partial charge in [0.05, 0.1) is 17.1 Å². The molecule has 0 spiro atoms. The average Bonchev–Trinajstić information content (AvgIpc) is 2.17. The lowest BCUT2D eigenvalue weighted by Crippen LogP contribution is -2.37. The third-order valence-electron chi connectivity index (χ3n) is 2.40. The first-order chi connectivity index (χ1) is 7.22. The molecule has 0 unspecified atom stereocenters. The molecular weight excluding hydrogens is 260 g/mol. The van der Waals surface area contributed by atoms with Crippen LogP contribution in [0.3, 0.4) is 0 Å². The van der Waals surface area contributed by atoms with Gasteiger partial charge in [0.1, 0.15) is 5.82 Å². The highest BCUT2D eigenvalue weighted by Crippen LogP contribution is 2.27. The lowest BCUT2D eigenvalue weighted by Gasteiger charge is -2.32. The summed E-state index contributed by atoms with van der Waals surface area (Å²) in [4.78, 5) is 17.6. The fourth-order valence-corrected chi connectivity index (χ4v) is 2.02. The van der Waals surface area contributed by atoms with E-state index in [1.807, 2.05) is 0 Å². The highest BCUT2D eigenvalue weighted by molar-refractivity contribution is 9.10. The molecule has 1 aromatic heterocycles. The topological polar surface area (TPSA) is 42.4 Å². The van der Waals surface area contributed by atoms with Gasteiger partial charge in [-0.2, -0.15) is 0 Å². The van der Waals surface area contributed by atoms with Crippen LogP contribution in [0.2, 0.25) is 0 Å². The summed E-state index contributed by atoms with van der Waals surface area (Å²) in [5, 5.41) is 0. The molecule has 5 heteroatoms. The van der Waals surface area contributed by atoms with Gasteiger partial charge >= 0.3 is 5.97 Å². The normalized spacial score (nSPS) is 14.7. The summed E-state index contributed by atoms with van der Waals surface area (Å²) < 4.78 is 5.46. The molecule has 2 heterocycles. The van der Waals surface area contributed by atoms with Gasteiger partial charge in [-0.25, -0.2) is 9.78 Å². The molecule has 80 valence electrons. The fraction of sp³-hybridized carbons (Fsp3) is 0.400. The molecule has 15 heavy (non-hydrogen) atoms. The SMILES string of the molecule is COC(=O)c1cnc(N2CCC2)c(Br)c1. The summed E-state index contributed by atoms with van der Waals surface area (Å²) in [6.45, 7) is 2.06. The van der Waals surface area contributed by atoms with Crippen molar-refractivity contribution in [2.24, 2.45) is 0 Å². The number of methoxy groups -OCH3 is 1. The van der Waals surface area contributed by atoms with Crippen LogP contribution >= 0.6 is 15.9 Å². The van der Waals surface area contributed by atoms with Gasteiger partial charge in [-0.3, -0.25) is 0 Å². The van der Waals surface area contributed by atoms with Crippen molar-refractivity contribution in [3.63, 3.8) is 0 Å². The van der Waals surface area contributed by atoms with Gasteiger partial charge in [0.15, 0.2) is 0 Å². The molecular formula is C10H11BrN2O2. The van der Waals surface area contributed by atoms with Gasteiger partial charge in [0, 0.05) is 19.3 Å². The molecule has 0 N–H and O–H groups in total. The maximum atomic E-state index is 11.2. The van der Waals surface area contributed by atoms with Gasteiger partial charge in [0.2, 0.25) is 0 Å². The first kappa shape index (κ1) is 10.4. The molecule has 2 rings (SSSR count). The van der Waals surface area contributed by atoms with E-state index in [2.05, 4.69) is 30.6 Å². The highest BCUT2D eigenvalue weighted by atomic mass is 79.9. The molecule has 1 saturated heterocycles. The molecule has 0 atom stereocenters. The van der Waals surface area contributed by atoms with Crippen molar-refractivity contribution in [1.29, 1.82) is 0 Å². The van der Waals surface area contributed by atoms with Crippen molar-refractivity contribution in [1.82, 2.24) is 4.98 Å². The number of rotatable bonds is 2. The summed E-state index contributed by atoms with van der Waals surface area (Å²) in [6.07, 6.45) is 2.75. The Morgan fingerprint density at radius 1 is 1.60 bits per heavy atom. The molecule has 1 fully saturated rings. The second-order valence-electron chi connectivity index (χ2n) is 3.36. The number of nitrogens with zero attached hydrogens (tertiary/aromatic N) is 2. The van der Waals surface area contributed by atoms with Crippen molar-refractivity contribution in [2.45, 2.75) is 6.42 Å². The lowest BCUT2D eigenvalue weighted by atomic mass is 10.2. The van der Waals surface area contributed by atoms with E-state index >= 15 is 0 Å². The van der Waals surface area contributed by atoms with Crippen molar-refractivity contribution < 1.29 is 9.53 Å². The standard InChI is InChI=1S/C10H11BrN2O2/c1-15-10(14)7-5-8(11)9(12-6-7)13-3-2-4-13/h5-6H,2-4H2,1H3. The number of pyridine rings is 1. The Morgan fingerprint density at radius 3 is 2.80 bits per heavy atom. The van der Waals surface area contributed by atoms with Crippen LogP contribution in [0.4, 0.5) is 5.82 Å². The van der Waals surface area contributed by atoms with Crippen LogP contribution < -0.4 is 4.90 Å². The van der Waals surface area contributed by atoms with E-state index in [1.54, 1.807) is 12.3 Å². The highest BCUT2D eigenvalue weighted by Gasteiger charge is 2.19. The molecule has 0 saturated carbocycles. The third kappa shape index (κ3) is 1.97. The van der Waals surface area contributed by atoms with Gasteiger partial charge < -0.3 is 9.64 Å². The number of carbonyl (C=O) groups excluding carboxylic acids is 1. The van der Waals surface area contributed by atoms with E-state index < -0.39 is 0 Å². The lowest BCUT2D eigenvalue weighted by molar-refractivity contribution is 0.0600. The van der Waals surface area contributed by atoms with Gasteiger partial charge in [-0.05, 0) is 28.4 Å². The predicted octanol–water partition coefficient (Wildman–Crippen LogP) is 1.84. The number of hydrogen-bond donors (Lipinski definition) is 0. The van der Waals surface area contributed by atoms with Crippen LogP contribution in [-0.2, 0) is 4.74 Å². The van der Waals surface area contributed by atoms with E-state index in [0.29, 0.717) is 5.56 Å². The Labute approximate surface area is 96.4 Å². The number of esters is 1. The number of halogens is 1. The molecule has 1 aromatic rings. The van der Waals surface area contributed by atoms with E-state index in [0.717, 1.165) is 23.4 Å². The third-order valence-corrected chi connectivity index (χ3v) is 2.98. The minimum absolute atomic E-state index is 0.363. The smallest absolute Gasteiger partial charge is 0.339 e. The fourth-order valence-electron chi connectivity index (χ4n) is 1.42. The minimum Gasteiger partial charge on any atom is -0.465 e. The van der Waals surface area contributed by atoms with Crippen LogP contribution in [0.25, 0.3) is 0 Å². The van der Waals surface area contributed by atoms with E-state index in [1.165, 1.54) is 13.5 Å². The maximum absolute atomic E-state index is 11.2. The van der Waals surface area contributed by atoms with E-state index in [4.69, 9.17) is 0 Å². The zero-order valence-electron chi connectivity index (χ0n) is 8.36. The Morgan fingerprint density at radius 2 is 2.33 bits per heavy atom. The van der Waals surface area contributed by atoms with Crippen LogP contribution in [0.1, 0.15) is 16.8 Å². The van der Waals surface area contributed by atoms with Crippen LogP contribution in [0, 0.1) is 0 Å². The molecule has 1 aliphatic heterocycles. The largest absolute Gasteiger partial charge is 0.465 e. The molecule has 0 bridgehead atoms. The molecule has 4 nitrogen and oxygen atoms in total. The molecule has 1 aliphatic rings. The second-order valence-corrected chi connectivity index (χ2v) is 4.22. The van der Waals surface area contributed by atoms with Crippen LogP contribution in [-0.4, -0.2) is 31.2 Å². The first-order valence-corrected chi connectivity index (χ1v) is 5.50. The predicted molar refractivity (Wildman–Crippen MR) is 60.1 cm³/mol. The number of hydrogen-bond acceptors (Lipinski definition) is 4. The van der Waals surface area contributed by atoms with Gasteiger partial charge in [-0.15, -0.1) is 0 Å². The maximum Gasteiger partial charge on any atom is 0.339 e. The van der Waals surface area contributed by atoms with E-state index in [-0.39, 0.29) is 5.97 Å². The van der Waals surface area contributed by atoms with E-state index in [9.17, 15) is 4.79 Å². The summed E-state index contributed by atoms with van der Waals surface area (Å²) in [7, 11) is 1.36. The number of ether oxygens (including phenoxy) is 1. The zero-order chi connectivity index (χ0) is 10.8. The van der Waals surface area contributed by atoms with Crippen molar-refractivity contribution in [2.75, 3.05) is 25.1 Å². The van der Waals surface area contributed by atoms with Crippen molar-refractivity contribution >= 4 is 27.7 Å². The summed E-state index contributed by atoms with van der Waals surface area (Å²) >= 11 is 3.41. The monoisotopic (exact) mass is 270 g/mol. The molecule has 0 aromatic carbocycles. The number of anilines is 1. The Balaban J connectivity index is 2.25. The molecule has 0 aliphatic carbocycles. The number of aromatic nitrogens is 1.